The van der Waals surface area contributed by atoms with Gasteiger partial charge in [-0.1, -0.05) is 370 Å². The largest absolute Gasteiger partial charge is 0.472 e. The summed E-state index contributed by atoms with van der Waals surface area (Å²) in [7, 11) is -9.92. The normalized spacial score (nSPS) is 14.0. The average molecular weight is 1470 g/mol. The first kappa shape index (κ1) is 98.1. The Morgan fingerprint density at radius 2 is 0.460 bits per heavy atom. The van der Waals surface area contributed by atoms with Crippen LogP contribution in [0.25, 0.3) is 0 Å². The molecule has 3 N–H and O–H groups in total. The molecule has 0 spiro atoms. The zero-order chi connectivity index (χ0) is 73.7. The number of ether oxygens (including phenoxy) is 4. The maximum Gasteiger partial charge on any atom is 0.472 e. The lowest BCUT2D eigenvalue weighted by Gasteiger charge is -2.21. The van der Waals surface area contributed by atoms with Crippen LogP contribution < -0.4 is 0 Å². The molecule has 0 aliphatic rings. The molecule has 0 rings (SSSR count). The van der Waals surface area contributed by atoms with Crippen LogP contribution in [0.1, 0.15) is 421 Å². The highest BCUT2D eigenvalue weighted by Gasteiger charge is 2.30. The number of rotatable bonds is 79. The summed E-state index contributed by atoms with van der Waals surface area (Å²) in [5, 5.41) is 10.6. The molecule has 0 bridgehead atoms. The van der Waals surface area contributed by atoms with Crippen molar-refractivity contribution < 1.29 is 80.2 Å². The number of aliphatic hydroxyl groups is 1. The van der Waals surface area contributed by atoms with Crippen LogP contribution in [0.4, 0.5) is 0 Å². The molecule has 0 aromatic carbocycles. The van der Waals surface area contributed by atoms with E-state index in [9.17, 15) is 43.2 Å². The Labute approximate surface area is 613 Å². The second-order valence-corrected chi connectivity index (χ2v) is 33.5. The third-order valence-corrected chi connectivity index (χ3v) is 20.8. The van der Waals surface area contributed by atoms with E-state index in [1.807, 2.05) is 0 Å². The second kappa shape index (κ2) is 71.3. The SMILES string of the molecule is CCCCCCCCCCCCCCCCCCCCCCC(=O)O[C@H](COC(=O)CCCCCCCCCCCCCC(C)C)COP(=O)(O)OC[C@@H](O)COP(=O)(O)OC[C@@H](COC(=O)CCCCCCCCCCCCC(C)C)OC(=O)CCCCCCCCCCCCC(C)C. The molecule has 594 valence electrons. The van der Waals surface area contributed by atoms with Gasteiger partial charge >= 0.3 is 39.5 Å². The Bertz CT molecular complexity index is 1940. The molecule has 19 heteroatoms. The monoisotopic (exact) mass is 1470 g/mol. The van der Waals surface area contributed by atoms with Crippen molar-refractivity contribution in [1.82, 2.24) is 0 Å². The Morgan fingerprint density at radius 3 is 0.680 bits per heavy atom. The highest BCUT2D eigenvalue weighted by Crippen LogP contribution is 2.45. The third-order valence-electron chi connectivity index (χ3n) is 18.9. The summed E-state index contributed by atoms with van der Waals surface area (Å²) in [4.78, 5) is 73.0. The lowest BCUT2D eigenvalue weighted by atomic mass is 10.0. The van der Waals surface area contributed by atoms with Crippen LogP contribution in [0.3, 0.4) is 0 Å². The average Bonchev–Trinajstić information content (AvgIpc) is 1.02. The molecule has 0 aliphatic carbocycles. The first-order valence-corrected chi connectivity index (χ1v) is 44.8. The molecule has 0 saturated heterocycles. The van der Waals surface area contributed by atoms with E-state index in [-0.39, 0.29) is 25.7 Å². The molecule has 0 heterocycles. The molecule has 0 aromatic heterocycles. The number of unbranched alkanes of at least 4 members (excludes halogenated alkanes) is 47. The highest BCUT2D eigenvalue weighted by atomic mass is 31.2. The lowest BCUT2D eigenvalue weighted by Crippen LogP contribution is -2.30. The first-order chi connectivity index (χ1) is 48.2. The van der Waals surface area contributed by atoms with Crippen LogP contribution >= 0.6 is 15.6 Å². The minimum atomic E-state index is -4.96. The van der Waals surface area contributed by atoms with E-state index in [0.29, 0.717) is 25.7 Å². The summed E-state index contributed by atoms with van der Waals surface area (Å²) in [6.07, 6.45) is 59.7. The minimum absolute atomic E-state index is 0.106. The predicted molar refractivity (Wildman–Crippen MR) is 409 cm³/mol. The Hall–Kier alpha value is -1.94. The molecule has 2 unspecified atom stereocenters. The van der Waals surface area contributed by atoms with Crippen molar-refractivity contribution in [2.24, 2.45) is 17.8 Å². The fourth-order valence-corrected chi connectivity index (χ4v) is 14.1. The second-order valence-electron chi connectivity index (χ2n) is 30.6. The molecule has 0 amide bonds. The van der Waals surface area contributed by atoms with Crippen LogP contribution in [-0.2, 0) is 65.4 Å². The van der Waals surface area contributed by atoms with E-state index in [4.69, 9.17) is 37.0 Å². The fraction of sp³-hybridized carbons (Fsp3) is 0.951. The van der Waals surface area contributed by atoms with E-state index >= 15 is 0 Å². The number of carbonyl (C=O) groups is 4. The molecule has 0 fully saturated rings. The molecule has 0 aromatic rings. The Balaban J connectivity index is 5.25. The first-order valence-electron chi connectivity index (χ1n) is 41.8. The standard InChI is InChI=1S/C81H158O17P2/c1-8-9-10-11-12-13-14-15-16-17-18-19-20-21-22-25-36-43-50-57-64-80(85)97-76(68-91-78(83)62-55-48-41-34-26-23-24-31-38-45-52-59-72(2)3)70-95-99(87,88)93-66-75(82)67-94-100(89,90)96-71-77(98-81(86)65-58-51-44-37-30-28-33-40-47-54-61-74(6)7)69-92-79(84)63-56-49-42-35-29-27-32-39-46-53-60-73(4)5/h72-77,82H,8-71H2,1-7H3,(H,87,88)(H,89,90)/t75-,76-,77-/m1/s1. The number of hydrogen-bond acceptors (Lipinski definition) is 15. The molecule has 0 aliphatic heterocycles. The van der Waals surface area contributed by atoms with Gasteiger partial charge in [0.15, 0.2) is 12.2 Å². The number of phosphoric ester groups is 2. The molecule has 17 nitrogen and oxygen atoms in total. The van der Waals surface area contributed by atoms with Crippen LogP contribution in [0.2, 0.25) is 0 Å². The molecule has 0 saturated carbocycles. The minimum Gasteiger partial charge on any atom is -0.462 e. The molecule has 0 radical (unpaired) electrons. The number of phosphoric acid groups is 2. The number of hydrogen-bond donors (Lipinski definition) is 3. The van der Waals surface area contributed by atoms with Gasteiger partial charge in [-0.2, -0.15) is 0 Å². The zero-order valence-electron chi connectivity index (χ0n) is 65.7. The predicted octanol–water partition coefficient (Wildman–Crippen LogP) is 24.1. The van der Waals surface area contributed by atoms with Gasteiger partial charge in [0.25, 0.3) is 0 Å². The summed E-state index contributed by atoms with van der Waals surface area (Å²) >= 11 is 0. The summed E-state index contributed by atoms with van der Waals surface area (Å²) in [5.74, 6) is 0.170. The summed E-state index contributed by atoms with van der Waals surface area (Å²) in [6, 6.07) is 0. The third kappa shape index (κ3) is 74.3. The van der Waals surface area contributed by atoms with Crippen molar-refractivity contribution in [2.45, 2.75) is 439 Å². The number of esters is 4. The molecule has 100 heavy (non-hydrogen) atoms. The Morgan fingerprint density at radius 1 is 0.270 bits per heavy atom. The smallest absolute Gasteiger partial charge is 0.462 e. The maximum atomic E-state index is 13.1. The summed E-state index contributed by atoms with van der Waals surface area (Å²) in [6.45, 7) is 11.9. The van der Waals surface area contributed by atoms with Crippen molar-refractivity contribution in [2.75, 3.05) is 39.6 Å². The van der Waals surface area contributed by atoms with Gasteiger partial charge in [0.05, 0.1) is 26.4 Å². The van der Waals surface area contributed by atoms with E-state index in [2.05, 4.69) is 48.5 Å². The maximum absolute atomic E-state index is 13.1. The van der Waals surface area contributed by atoms with Gasteiger partial charge in [0.2, 0.25) is 0 Å². The Kier molecular flexibility index (Phi) is 69.9. The van der Waals surface area contributed by atoms with Crippen molar-refractivity contribution >= 4 is 39.5 Å². The molecular formula is C81H158O17P2. The summed E-state index contributed by atoms with van der Waals surface area (Å²) in [5.41, 5.74) is 0. The quantitative estimate of drug-likeness (QED) is 0.0222. The van der Waals surface area contributed by atoms with Crippen molar-refractivity contribution in [1.29, 1.82) is 0 Å². The van der Waals surface area contributed by atoms with E-state index < -0.39 is 97.5 Å². The van der Waals surface area contributed by atoms with Gasteiger partial charge in [-0.15, -0.1) is 0 Å². The topological polar surface area (TPSA) is 237 Å². The number of carbonyl (C=O) groups excluding carboxylic acids is 4. The van der Waals surface area contributed by atoms with Crippen molar-refractivity contribution in [3.8, 4) is 0 Å². The van der Waals surface area contributed by atoms with Gasteiger partial charge in [-0.25, -0.2) is 9.13 Å². The lowest BCUT2D eigenvalue weighted by molar-refractivity contribution is -0.161. The number of aliphatic hydroxyl groups excluding tert-OH is 1. The van der Waals surface area contributed by atoms with Gasteiger partial charge in [-0.05, 0) is 43.4 Å². The zero-order valence-corrected chi connectivity index (χ0v) is 67.5. The van der Waals surface area contributed by atoms with Crippen LogP contribution in [0, 0.1) is 17.8 Å². The van der Waals surface area contributed by atoms with Gasteiger partial charge in [0, 0.05) is 25.7 Å². The van der Waals surface area contributed by atoms with Gasteiger partial charge in [-0.3, -0.25) is 37.3 Å². The van der Waals surface area contributed by atoms with Crippen LogP contribution in [-0.4, -0.2) is 96.7 Å². The van der Waals surface area contributed by atoms with Gasteiger partial charge < -0.3 is 33.8 Å². The summed E-state index contributed by atoms with van der Waals surface area (Å²) < 4.78 is 68.7. The molecule has 5 atom stereocenters. The van der Waals surface area contributed by atoms with E-state index in [1.165, 1.54) is 231 Å². The van der Waals surface area contributed by atoms with Crippen LogP contribution in [0.15, 0.2) is 0 Å². The van der Waals surface area contributed by atoms with Crippen molar-refractivity contribution in [3.05, 3.63) is 0 Å². The highest BCUT2D eigenvalue weighted by molar-refractivity contribution is 7.47. The fourth-order valence-electron chi connectivity index (χ4n) is 12.5. The van der Waals surface area contributed by atoms with Crippen LogP contribution in [0.5, 0.6) is 0 Å². The van der Waals surface area contributed by atoms with Crippen molar-refractivity contribution in [3.63, 3.8) is 0 Å². The van der Waals surface area contributed by atoms with E-state index in [1.54, 1.807) is 0 Å². The van der Waals surface area contributed by atoms with E-state index in [0.717, 1.165) is 108 Å². The van der Waals surface area contributed by atoms with Gasteiger partial charge in [0.1, 0.15) is 19.3 Å². The molecular weight excluding hydrogens is 1310 g/mol.